The fourth-order valence-electron chi connectivity index (χ4n) is 1.39. The Morgan fingerprint density at radius 1 is 1.44 bits per heavy atom. The van der Waals surface area contributed by atoms with Gasteiger partial charge in [0.25, 0.3) is 0 Å². The molecule has 0 radical (unpaired) electrons. The van der Waals surface area contributed by atoms with Crippen LogP contribution in [0.2, 0.25) is 0 Å². The number of benzene rings is 1. The van der Waals surface area contributed by atoms with Crippen molar-refractivity contribution in [1.82, 2.24) is 9.78 Å². The number of aromatic nitrogens is 2. The fourth-order valence-corrected chi connectivity index (χ4v) is 1.64. The van der Waals surface area contributed by atoms with Crippen LogP contribution in [0.3, 0.4) is 0 Å². The number of anilines is 1. The second-order valence-corrected chi connectivity index (χ2v) is 4.30. The van der Waals surface area contributed by atoms with Crippen molar-refractivity contribution in [1.29, 1.82) is 0 Å². The maximum Gasteiger partial charge on any atom is 0.137 e. The van der Waals surface area contributed by atoms with E-state index in [4.69, 9.17) is 0 Å². The number of nitrogens with one attached hydrogen (secondary N) is 1. The van der Waals surface area contributed by atoms with Crippen LogP contribution in [0, 0.1) is 5.82 Å². The molecule has 0 aliphatic heterocycles. The minimum absolute atomic E-state index is 0.246. The Balaban J connectivity index is 2.05. The summed E-state index contributed by atoms with van der Waals surface area (Å²) >= 11 is 3.12. The number of aryl methyl sites for hydroxylation is 1. The van der Waals surface area contributed by atoms with Crippen LogP contribution in [0.15, 0.2) is 34.9 Å². The molecule has 1 N–H and O–H groups in total. The summed E-state index contributed by atoms with van der Waals surface area (Å²) in [6.07, 6.45) is 1.71. The Morgan fingerprint density at radius 3 is 2.88 bits per heavy atom. The van der Waals surface area contributed by atoms with E-state index in [1.807, 2.05) is 19.2 Å². The van der Waals surface area contributed by atoms with Gasteiger partial charge in [-0.15, -0.1) is 0 Å². The molecule has 0 saturated carbocycles. The first-order valence-electron chi connectivity index (χ1n) is 4.82. The molecule has 3 nitrogen and oxygen atoms in total. The molecule has 0 spiro atoms. The van der Waals surface area contributed by atoms with Gasteiger partial charge in [0.15, 0.2) is 0 Å². The summed E-state index contributed by atoms with van der Waals surface area (Å²) in [5.41, 5.74) is 0.891. The molecule has 0 saturated heterocycles. The molecule has 1 aromatic heterocycles. The molecule has 5 heteroatoms. The quantitative estimate of drug-likeness (QED) is 0.939. The number of halogens is 2. The van der Waals surface area contributed by atoms with Gasteiger partial charge in [-0.25, -0.2) is 4.39 Å². The van der Waals surface area contributed by atoms with Crippen LogP contribution < -0.4 is 5.32 Å². The Hall–Kier alpha value is -1.36. The van der Waals surface area contributed by atoms with Crippen molar-refractivity contribution in [3.8, 4) is 0 Å². The summed E-state index contributed by atoms with van der Waals surface area (Å²) in [6, 6.07) is 6.95. The van der Waals surface area contributed by atoms with Gasteiger partial charge in [-0.1, -0.05) is 6.07 Å². The largest absolute Gasteiger partial charge is 0.366 e. The lowest BCUT2D eigenvalue weighted by Crippen LogP contribution is -2.04. The van der Waals surface area contributed by atoms with Gasteiger partial charge in [-0.2, -0.15) is 5.10 Å². The third kappa shape index (κ3) is 2.41. The lowest BCUT2D eigenvalue weighted by molar-refractivity contribution is 0.619. The van der Waals surface area contributed by atoms with E-state index in [-0.39, 0.29) is 5.82 Å². The molecule has 0 unspecified atom stereocenters. The molecule has 0 fully saturated rings. The van der Waals surface area contributed by atoms with E-state index in [0.29, 0.717) is 11.0 Å². The van der Waals surface area contributed by atoms with Crippen LogP contribution in [0.25, 0.3) is 0 Å². The van der Waals surface area contributed by atoms with E-state index in [2.05, 4.69) is 26.3 Å². The predicted molar refractivity (Wildman–Crippen MR) is 64.6 cm³/mol. The number of hydrogen-bond acceptors (Lipinski definition) is 2. The van der Waals surface area contributed by atoms with Crippen LogP contribution in [0.1, 0.15) is 5.56 Å². The summed E-state index contributed by atoms with van der Waals surface area (Å²) in [7, 11) is 1.85. The maximum absolute atomic E-state index is 13.2. The van der Waals surface area contributed by atoms with Gasteiger partial charge in [0, 0.05) is 19.7 Å². The Morgan fingerprint density at radius 2 is 2.25 bits per heavy atom. The molecule has 0 bridgehead atoms. The Bertz CT molecular complexity index is 496. The SMILES string of the molecule is Cn1nccc1NCc1ccc(Br)c(F)c1. The smallest absolute Gasteiger partial charge is 0.137 e. The highest BCUT2D eigenvalue weighted by Gasteiger charge is 2.01. The molecule has 0 aliphatic rings. The van der Waals surface area contributed by atoms with Crippen molar-refractivity contribution in [2.24, 2.45) is 7.05 Å². The molecule has 0 aliphatic carbocycles. The van der Waals surface area contributed by atoms with Crippen LogP contribution in [0.5, 0.6) is 0 Å². The second-order valence-electron chi connectivity index (χ2n) is 3.44. The van der Waals surface area contributed by atoms with Crippen molar-refractivity contribution < 1.29 is 4.39 Å². The van der Waals surface area contributed by atoms with E-state index >= 15 is 0 Å². The van der Waals surface area contributed by atoms with Gasteiger partial charge in [0.1, 0.15) is 11.6 Å². The molecule has 0 amide bonds. The molecule has 84 valence electrons. The summed E-state index contributed by atoms with van der Waals surface area (Å²) in [5.74, 6) is 0.660. The standard InChI is InChI=1S/C11H11BrFN3/c1-16-11(4-5-15-16)14-7-8-2-3-9(12)10(13)6-8/h2-6,14H,7H2,1H3. The third-order valence-corrected chi connectivity index (χ3v) is 2.92. The Labute approximate surface area is 101 Å². The molecule has 2 rings (SSSR count). The number of nitrogens with zero attached hydrogens (tertiary/aromatic N) is 2. The zero-order valence-corrected chi connectivity index (χ0v) is 10.3. The lowest BCUT2D eigenvalue weighted by atomic mass is 10.2. The molecule has 1 heterocycles. The molecular weight excluding hydrogens is 273 g/mol. The van der Waals surface area contributed by atoms with Crippen molar-refractivity contribution in [3.05, 3.63) is 46.3 Å². The monoisotopic (exact) mass is 283 g/mol. The predicted octanol–water partition coefficient (Wildman–Crippen LogP) is 2.93. The van der Waals surface area contributed by atoms with E-state index in [1.165, 1.54) is 6.07 Å². The maximum atomic E-state index is 13.2. The van der Waals surface area contributed by atoms with Crippen LogP contribution in [-0.4, -0.2) is 9.78 Å². The van der Waals surface area contributed by atoms with Gasteiger partial charge in [-0.05, 0) is 33.6 Å². The summed E-state index contributed by atoms with van der Waals surface area (Å²) < 4.78 is 15.4. The summed E-state index contributed by atoms with van der Waals surface area (Å²) in [4.78, 5) is 0. The summed E-state index contributed by atoms with van der Waals surface area (Å²) in [5, 5.41) is 7.21. The molecule has 2 aromatic rings. The van der Waals surface area contributed by atoms with Crippen molar-refractivity contribution in [2.45, 2.75) is 6.54 Å². The van der Waals surface area contributed by atoms with E-state index in [9.17, 15) is 4.39 Å². The van der Waals surface area contributed by atoms with Crippen LogP contribution >= 0.6 is 15.9 Å². The van der Waals surface area contributed by atoms with E-state index < -0.39 is 0 Å². The lowest BCUT2D eigenvalue weighted by Gasteiger charge is -2.06. The van der Waals surface area contributed by atoms with Crippen molar-refractivity contribution in [3.63, 3.8) is 0 Å². The van der Waals surface area contributed by atoms with E-state index in [1.54, 1.807) is 16.9 Å². The van der Waals surface area contributed by atoms with Gasteiger partial charge >= 0.3 is 0 Å². The first-order chi connectivity index (χ1) is 7.66. The van der Waals surface area contributed by atoms with Crippen LogP contribution in [0.4, 0.5) is 10.2 Å². The topological polar surface area (TPSA) is 29.9 Å². The first-order valence-corrected chi connectivity index (χ1v) is 5.62. The van der Waals surface area contributed by atoms with Gasteiger partial charge in [0.2, 0.25) is 0 Å². The number of rotatable bonds is 3. The van der Waals surface area contributed by atoms with Gasteiger partial charge in [0.05, 0.1) is 10.7 Å². The van der Waals surface area contributed by atoms with Gasteiger partial charge < -0.3 is 5.32 Å². The second kappa shape index (κ2) is 4.65. The zero-order valence-electron chi connectivity index (χ0n) is 8.74. The van der Waals surface area contributed by atoms with Gasteiger partial charge in [-0.3, -0.25) is 4.68 Å². The fraction of sp³-hybridized carbons (Fsp3) is 0.182. The molecule has 16 heavy (non-hydrogen) atoms. The third-order valence-electron chi connectivity index (χ3n) is 2.28. The van der Waals surface area contributed by atoms with Crippen molar-refractivity contribution >= 4 is 21.7 Å². The highest BCUT2D eigenvalue weighted by Crippen LogP contribution is 2.17. The Kier molecular flexibility index (Phi) is 3.24. The average molecular weight is 284 g/mol. The first kappa shape index (κ1) is 11.1. The van der Waals surface area contributed by atoms with Crippen LogP contribution in [-0.2, 0) is 13.6 Å². The minimum Gasteiger partial charge on any atom is -0.366 e. The zero-order chi connectivity index (χ0) is 11.5. The normalized spacial score (nSPS) is 10.4. The minimum atomic E-state index is -0.246. The average Bonchev–Trinajstić information content (AvgIpc) is 2.66. The molecule has 0 atom stereocenters. The number of hydrogen-bond donors (Lipinski definition) is 1. The highest BCUT2D eigenvalue weighted by atomic mass is 79.9. The molecular formula is C11H11BrFN3. The molecule has 1 aromatic carbocycles. The highest BCUT2D eigenvalue weighted by molar-refractivity contribution is 9.10. The van der Waals surface area contributed by atoms with Crippen molar-refractivity contribution in [2.75, 3.05) is 5.32 Å². The summed E-state index contributed by atoms with van der Waals surface area (Å²) in [6.45, 7) is 0.573. The van der Waals surface area contributed by atoms with E-state index in [0.717, 1.165) is 11.4 Å².